The van der Waals surface area contributed by atoms with Crippen LogP contribution in [-0.4, -0.2) is 24.9 Å². The maximum Gasteiger partial charge on any atom is 0.164 e. The molecule has 0 amide bonds. The third kappa shape index (κ3) is 4.50. The normalized spacial score (nSPS) is 13.1. The number of hydrogen-bond donors (Lipinski definition) is 0. The van der Waals surface area contributed by atoms with E-state index in [9.17, 15) is 0 Å². The SMILES string of the molecule is c1ccc(-c2nc(-c3ccccc3)nc(-c3cccc4c3C3(c5ccccc5Oc5ccccc53)c3ccc(-c5cnc6ccccc6n5)cc3-4)n2)cc1. The Bertz CT molecular complexity index is 2820. The van der Waals surface area contributed by atoms with Crippen LogP contribution in [0.2, 0.25) is 0 Å². The number of hydrogen-bond acceptors (Lipinski definition) is 6. The van der Waals surface area contributed by atoms with Gasteiger partial charge in [0.05, 0.1) is 28.3 Å². The fraction of sp³-hybridized carbons (Fsp3) is 0.0208. The molecule has 11 rings (SSSR count). The summed E-state index contributed by atoms with van der Waals surface area (Å²) in [6.45, 7) is 0. The Balaban J connectivity index is 1.23. The molecule has 7 aromatic carbocycles. The Morgan fingerprint density at radius 1 is 0.389 bits per heavy atom. The molecule has 9 aromatic rings. The first-order valence-corrected chi connectivity index (χ1v) is 18.0. The summed E-state index contributed by atoms with van der Waals surface area (Å²) in [7, 11) is 0. The average molecular weight is 692 g/mol. The Labute approximate surface area is 311 Å². The minimum Gasteiger partial charge on any atom is -0.457 e. The van der Waals surface area contributed by atoms with Crippen LogP contribution in [0.5, 0.6) is 11.5 Å². The zero-order chi connectivity index (χ0) is 35.6. The summed E-state index contributed by atoms with van der Waals surface area (Å²) in [5, 5.41) is 0. The van der Waals surface area contributed by atoms with E-state index < -0.39 is 5.41 Å². The van der Waals surface area contributed by atoms with E-state index in [1.807, 2.05) is 103 Å². The lowest BCUT2D eigenvalue weighted by molar-refractivity contribution is 0.436. The minimum absolute atomic E-state index is 0.605. The molecule has 1 aliphatic carbocycles. The molecule has 0 saturated carbocycles. The van der Waals surface area contributed by atoms with E-state index in [0.29, 0.717) is 17.5 Å². The van der Waals surface area contributed by atoms with Gasteiger partial charge < -0.3 is 4.74 Å². The largest absolute Gasteiger partial charge is 0.457 e. The predicted molar refractivity (Wildman–Crippen MR) is 212 cm³/mol. The molecule has 54 heavy (non-hydrogen) atoms. The van der Waals surface area contributed by atoms with Gasteiger partial charge in [0.25, 0.3) is 0 Å². The van der Waals surface area contributed by atoms with Crippen LogP contribution in [0.25, 0.3) is 67.6 Å². The Hall–Kier alpha value is -7.31. The van der Waals surface area contributed by atoms with Gasteiger partial charge in [-0.05, 0) is 52.6 Å². The quantitative estimate of drug-likeness (QED) is 0.183. The second-order valence-electron chi connectivity index (χ2n) is 13.6. The van der Waals surface area contributed by atoms with Crippen LogP contribution in [0.3, 0.4) is 0 Å². The lowest BCUT2D eigenvalue weighted by Gasteiger charge is -2.40. The topological polar surface area (TPSA) is 73.7 Å². The first-order valence-electron chi connectivity index (χ1n) is 18.0. The van der Waals surface area contributed by atoms with Gasteiger partial charge in [-0.2, -0.15) is 0 Å². The molecule has 2 aromatic heterocycles. The first kappa shape index (κ1) is 30.3. The molecule has 0 saturated heterocycles. The number of nitrogens with zero attached hydrogens (tertiary/aromatic N) is 5. The third-order valence-electron chi connectivity index (χ3n) is 10.6. The molecule has 0 atom stereocenters. The van der Waals surface area contributed by atoms with Gasteiger partial charge in [-0.1, -0.05) is 140 Å². The molecule has 3 heterocycles. The van der Waals surface area contributed by atoms with Crippen LogP contribution in [0, 0.1) is 0 Å². The Morgan fingerprint density at radius 2 is 0.963 bits per heavy atom. The van der Waals surface area contributed by atoms with Crippen LogP contribution >= 0.6 is 0 Å². The maximum absolute atomic E-state index is 6.67. The van der Waals surface area contributed by atoms with Crippen molar-refractivity contribution in [2.45, 2.75) is 5.41 Å². The summed E-state index contributed by atoms with van der Waals surface area (Å²) in [4.78, 5) is 25.3. The number of fused-ring (bicyclic) bond motifs is 10. The second-order valence-corrected chi connectivity index (χ2v) is 13.6. The van der Waals surface area contributed by atoms with Crippen molar-refractivity contribution in [2.75, 3.05) is 0 Å². The minimum atomic E-state index is -0.743. The van der Waals surface area contributed by atoms with Crippen LogP contribution < -0.4 is 4.74 Å². The van der Waals surface area contributed by atoms with E-state index in [0.717, 1.165) is 83.9 Å². The standard InChI is InChI=1S/C48H29N5O/c1-3-14-30(15-4-1)45-51-46(31-16-5-2-6-17-31)53-47(52-45)34-19-13-18-33-35-28-32(41-29-49-39-22-9-10-23-40(39)50-41)26-27-36(35)48(44(33)34)37-20-7-11-24-42(37)54-43-25-12-8-21-38(43)48/h1-29H. The van der Waals surface area contributed by atoms with Crippen molar-refractivity contribution in [1.29, 1.82) is 0 Å². The van der Waals surface area contributed by atoms with E-state index in [4.69, 9.17) is 29.7 Å². The van der Waals surface area contributed by atoms with Crippen LogP contribution in [-0.2, 0) is 5.41 Å². The summed E-state index contributed by atoms with van der Waals surface area (Å²) >= 11 is 0. The van der Waals surface area contributed by atoms with Crippen molar-refractivity contribution in [2.24, 2.45) is 0 Å². The smallest absolute Gasteiger partial charge is 0.164 e. The predicted octanol–water partition coefficient (Wildman–Crippen LogP) is 11.0. The van der Waals surface area contributed by atoms with Gasteiger partial charge in [-0.25, -0.2) is 19.9 Å². The van der Waals surface area contributed by atoms with Crippen LogP contribution in [0.15, 0.2) is 176 Å². The summed E-state index contributed by atoms with van der Waals surface area (Å²) in [5.41, 5.74) is 12.2. The molecule has 0 bridgehead atoms. The van der Waals surface area contributed by atoms with Crippen molar-refractivity contribution < 1.29 is 4.74 Å². The Morgan fingerprint density at radius 3 is 1.65 bits per heavy atom. The monoisotopic (exact) mass is 691 g/mol. The highest BCUT2D eigenvalue weighted by atomic mass is 16.5. The number of para-hydroxylation sites is 4. The molecule has 0 N–H and O–H groups in total. The van der Waals surface area contributed by atoms with Gasteiger partial charge in [0.2, 0.25) is 0 Å². The summed E-state index contributed by atoms with van der Waals surface area (Å²) < 4.78 is 6.67. The number of benzene rings is 7. The molecule has 1 aliphatic heterocycles. The van der Waals surface area contributed by atoms with Gasteiger partial charge in [-0.15, -0.1) is 0 Å². The number of ether oxygens (including phenoxy) is 1. The second kappa shape index (κ2) is 11.9. The van der Waals surface area contributed by atoms with E-state index in [1.165, 1.54) is 0 Å². The number of aromatic nitrogens is 5. The molecular formula is C48H29N5O. The molecule has 6 heteroatoms. The van der Waals surface area contributed by atoms with Crippen molar-refractivity contribution in [3.8, 4) is 68.0 Å². The highest BCUT2D eigenvalue weighted by Crippen LogP contribution is 2.64. The summed E-state index contributed by atoms with van der Waals surface area (Å²) in [6, 6.07) is 58.2. The van der Waals surface area contributed by atoms with E-state index in [1.54, 1.807) is 0 Å². The average Bonchev–Trinajstić information content (AvgIpc) is 3.54. The Kier molecular flexibility index (Phi) is 6.67. The number of rotatable bonds is 4. The molecule has 0 radical (unpaired) electrons. The van der Waals surface area contributed by atoms with Crippen molar-refractivity contribution in [1.82, 2.24) is 24.9 Å². The summed E-state index contributed by atoms with van der Waals surface area (Å²) in [6.07, 6.45) is 1.87. The third-order valence-corrected chi connectivity index (χ3v) is 10.6. The fourth-order valence-corrected chi connectivity index (χ4v) is 8.33. The molecule has 1 spiro atoms. The van der Waals surface area contributed by atoms with E-state index in [2.05, 4.69) is 72.8 Å². The van der Waals surface area contributed by atoms with Gasteiger partial charge in [-0.3, -0.25) is 4.98 Å². The molecule has 252 valence electrons. The zero-order valence-electron chi connectivity index (χ0n) is 28.9. The molecule has 0 fully saturated rings. The van der Waals surface area contributed by atoms with Crippen molar-refractivity contribution in [3.63, 3.8) is 0 Å². The molecule has 6 nitrogen and oxygen atoms in total. The van der Waals surface area contributed by atoms with E-state index >= 15 is 0 Å². The van der Waals surface area contributed by atoms with Gasteiger partial charge >= 0.3 is 0 Å². The molecule has 0 unspecified atom stereocenters. The van der Waals surface area contributed by atoms with Crippen LogP contribution in [0.4, 0.5) is 0 Å². The molecular weight excluding hydrogens is 663 g/mol. The lowest BCUT2D eigenvalue weighted by Crippen LogP contribution is -2.32. The first-order chi connectivity index (χ1) is 26.8. The van der Waals surface area contributed by atoms with E-state index in [-0.39, 0.29) is 0 Å². The van der Waals surface area contributed by atoms with Gasteiger partial charge in [0.1, 0.15) is 11.5 Å². The van der Waals surface area contributed by atoms with Gasteiger partial charge in [0.15, 0.2) is 17.5 Å². The zero-order valence-corrected chi connectivity index (χ0v) is 28.9. The van der Waals surface area contributed by atoms with Crippen molar-refractivity contribution in [3.05, 3.63) is 198 Å². The maximum atomic E-state index is 6.67. The lowest BCUT2D eigenvalue weighted by atomic mass is 9.65. The fourth-order valence-electron chi connectivity index (χ4n) is 8.33. The molecule has 2 aliphatic rings. The van der Waals surface area contributed by atoms with Crippen LogP contribution in [0.1, 0.15) is 22.3 Å². The highest BCUT2D eigenvalue weighted by molar-refractivity contribution is 5.95. The highest BCUT2D eigenvalue weighted by Gasteiger charge is 2.52. The van der Waals surface area contributed by atoms with Crippen molar-refractivity contribution >= 4 is 11.0 Å². The van der Waals surface area contributed by atoms with Gasteiger partial charge in [0, 0.05) is 33.4 Å². The summed E-state index contributed by atoms with van der Waals surface area (Å²) in [5.74, 6) is 3.48.